The van der Waals surface area contributed by atoms with Crippen LogP contribution in [0.15, 0.2) is 29.3 Å². The average molecular weight is 304 g/mol. The van der Waals surface area contributed by atoms with Gasteiger partial charge in [-0.1, -0.05) is 24.3 Å². The van der Waals surface area contributed by atoms with Crippen molar-refractivity contribution in [1.29, 1.82) is 0 Å². The summed E-state index contributed by atoms with van der Waals surface area (Å²) in [5.41, 5.74) is 2.17. The first-order valence-corrected chi connectivity index (χ1v) is 6.42. The number of nitrogens with zero attached hydrogens (tertiary/aromatic N) is 1. The molecular formula is C12H8N4O2S2. The normalized spacial score (nSPS) is 14.3. The van der Waals surface area contributed by atoms with Gasteiger partial charge in [-0.15, -0.1) is 0 Å². The zero-order chi connectivity index (χ0) is 14.3. The molecule has 1 amide bonds. The minimum Gasteiger partial charge on any atom is -0.493 e. The molecule has 0 saturated heterocycles. The smallest absolute Gasteiger partial charge is 0.276 e. The van der Waals surface area contributed by atoms with Crippen LogP contribution in [0.25, 0.3) is 11.3 Å². The first-order chi connectivity index (χ1) is 9.54. The highest BCUT2D eigenvalue weighted by molar-refractivity contribution is 7.80. The van der Waals surface area contributed by atoms with Gasteiger partial charge in [-0.25, -0.2) is 4.99 Å². The van der Waals surface area contributed by atoms with Gasteiger partial charge < -0.3 is 15.1 Å². The summed E-state index contributed by atoms with van der Waals surface area (Å²) in [6.45, 7) is 0. The third-order valence-electron chi connectivity index (χ3n) is 2.80. The van der Waals surface area contributed by atoms with Gasteiger partial charge in [-0.3, -0.25) is 10.1 Å². The molecule has 8 heteroatoms. The van der Waals surface area contributed by atoms with Gasteiger partial charge in [0.05, 0.1) is 0 Å². The van der Waals surface area contributed by atoms with Crippen molar-refractivity contribution < 1.29 is 9.90 Å². The zero-order valence-electron chi connectivity index (χ0n) is 9.93. The van der Waals surface area contributed by atoms with Crippen molar-refractivity contribution in [3.05, 3.63) is 34.6 Å². The Hall–Kier alpha value is -2.32. The molecule has 4 N–H and O–H groups in total. The van der Waals surface area contributed by atoms with E-state index in [1.807, 2.05) is 0 Å². The maximum Gasteiger partial charge on any atom is 0.276 e. The van der Waals surface area contributed by atoms with Crippen molar-refractivity contribution in [1.82, 2.24) is 15.3 Å². The second-order valence-corrected chi connectivity index (χ2v) is 4.89. The number of aromatic nitrogens is 2. The molecule has 0 aliphatic carbocycles. The van der Waals surface area contributed by atoms with Crippen LogP contribution in [0.1, 0.15) is 5.56 Å². The van der Waals surface area contributed by atoms with Crippen molar-refractivity contribution in [2.45, 2.75) is 0 Å². The van der Waals surface area contributed by atoms with Crippen molar-refractivity contribution in [2.75, 3.05) is 0 Å². The molecule has 0 atom stereocenters. The lowest BCUT2D eigenvalue weighted by molar-refractivity contribution is -0.113. The number of carbonyl (C=O) groups is 1. The number of hydrogen-bond donors (Lipinski definition) is 4. The molecule has 0 unspecified atom stereocenters. The number of imidazole rings is 1. The van der Waals surface area contributed by atoms with Gasteiger partial charge in [0.25, 0.3) is 5.91 Å². The third-order valence-corrected chi connectivity index (χ3v) is 3.20. The van der Waals surface area contributed by atoms with Gasteiger partial charge in [0.1, 0.15) is 11.4 Å². The molecule has 1 aliphatic heterocycles. The predicted octanol–water partition coefficient (Wildman–Crippen LogP) is 1.65. The SMILES string of the molecule is O=C1NC(=S)N=C1c1ccc(-c2[nH]c(=S)[nH]c2O)cc1. The van der Waals surface area contributed by atoms with Crippen LogP contribution in [-0.2, 0) is 4.79 Å². The Labute approximate surface area is 123 Å². The number of benzene rings is 1. The number of amides is 1. The van der Waals surface area contributed by atoms with Gasteiger partial charge in [0.15, 0.2) is 4.77 Å². The molecule has 100 valence electrons. The number of aromatic amines is 2. The fourth-order valence-electron chi connectivity index (χ4n) is 1.91. The summed E-state index contributed by atoms with van der Waals surface area (Å²) in [4.78, 5) is 21.0. The lowest BCUT2D eigenvalue weighted by atomic mass is 10.1. The molecule has 0 saturated carbocycles. The van der Waals surface area contributed by atoms with Crippen molar-refractivity contribution in [2.24, 2.45) is 4.99 Å². The van der Waals surface area contributed by atoms with Gasteiger partial charge in [-0.05, 0) is 24.4 Å². The van der Waals surface area contributed by atoms with Crippen LogP contribution >= 0.6 is 24.4 Å². The van der Waals surface area contributed by atoms with Gasteiger partial charge in [0, 0.05) is 11.1 Å². The summed E-state index contributed by atoms with van der Waals surface area (Å²) in [6, 6.07) is 6.96. The summed E-state index contributed by atoms with van der Waals surface area (Å²) < 4.78 is 0.339. The molecule has 1 aromatic heterocycles. The Balaban J connectivity index is 1.98. The van der Waals surface area contributed by atoms with Crippen LogP contribution in [0.2, 0.25) is 0 Å². The van der Waals surface area contributed by atoms with Crippen molar-refractivity contribution in [3.63, 3.8) is 0 Å². The summed E-state index contributed by atoms with van der Waals surface area (Å²) in [7, 11) is 0. The molecule has 2 heterocycles. The van der Waals surface area contributed by atoms with Gasteiger partial charge >= 0.3 is 0 Å². The number of nitrogens with one attached hydrogen (secondary N) is 3. The number of aromatic hydroxyl groups is 1. The van der Waals surface area contributed by atoms with E-state index in [1.165, 1.54) is 0 Å². The Kier molecular flexibility index (Phi) is 2.96. The topological polar surface area (TPSA) is 93.3 Å². The van der Waals surface area contributed by atoms with E-state index in [0.717, 1.165) is 5.56 Å². The van der Waals surface area contributed by atoms with Crippen LogP contribution in [0, 0.1) is 4.77 Å². The summed E-state index contributed by atoms with van der Waals surface area (Å²) in [5.74, 6) is -0.341. The Morgan fingerprint density at radius 3 is 2.20 bits per heavy atom. The minimum atomic E-state index is -0.313. The highest BCUT2D eigenvalue weighted by Crippen LogP contribution is 2.25. The molecule has 6 nitrogen and oxygen atoms in total. The quantitative estimate of drug-likeness (QED) is 0.635. The highest BCUT2D eigenvalue weighted by Gasteiger charge is 2.22. The molecule has 20 heavy (non-hydrogen) atoms. The second kappa shape index (κ2) is 4.66. The van der Waals surface area contributed by atoms with E-state index in [-0.39, 0.29) is 22.6 Å². The van der Waals surface area contributed by atoms with Crippen LogP contribution in [0.4, 0.5) is 0 Å². The lowest BCUT2D eigenvalue weighted by Crippen LogP contribution is -2.25. The molecule has 1 aliphatic rings. The molecule has 0 bridgehead atoms. The van der Waals surface area contributed by atoms with Crippen molar-refractivity contribution >= 4 is 41.2 Å². The predicted molar refractivity (Wildman–Crippen MR) is 80.4 cm³/mol. The van der Waals surface area contributed by atoms with Crippen LogP contribution in [0.5, 0.6) is 5.88 Å². The number of hydrogen-bond acceptors (Lipinski definition) is 4. The van der Waals surface area contributed by atoms with Crippen LogP contribution in [-0.4, -0.2) is 31.8 Å². The van der Waals surface area contributed by atoms with Gasteiger partial charge in [0.2, 0.25) is 11.0 Å². The van der Waals surface area contributed by atoms with Crippen molar-refractivity contribution in [3.8, 4) is 17.1 Å². The molecule has 0 radical (unpaired) electrons. The van der Waals surface area contributed by atoms with E-state index in [9.17, 15) is 9.90 Å². The molecular weight excluding hydrogens is 296 g/mol. The van der Waals surface area contributed by atoms with E-state index in [4.69, 9.17) is 24.4 Å². The maximum absolute atomic E-state index is 11.6. The van der Waals surface area contributed by atoms with Crippen LogP contribution in [0.3, 0.4) is 0 Å². The van der Waals surface area contributed by atoms with E-state index in [1.54, 1.807) is 24.3 Å². The number of H-pyrrole nitrogens is 2. The second-order valence-electron chi connectivity index (χ2n) is 4.10. The number of thiocarbonyl (C=S) groups is 1. The Bertz CT molecular complexity index is 802. The summed E-state index contributed by atoms with van der Waals surface area (Å²) >= 11 is 9.73. The van der Waals surface area contributed by atoms with E-state index in [2.05, 4.69) is 20.3 Å². The average Bonchev–Trinajstić information content (AvgIpc) is 2.92. The molecule has 3 rings (SSSR count). The molecule has 0 spiro atoms. The van der Waals surface area contributed by atoms with Gasteiger partial charge in [-0.2, -0.15) is 0 Å². The van der Waals surface area contributed by atoms with E-state index < -0.39 is 0 Å². The minimum absolute atomic E-state index is 0.0279. The highest BCUT2D eigenvalue weighted by atomic mass is 32.1. The first kappa shape index (κ1) is 12.7. The summed E-state index contributed by atoms with van der Waals surface area (Å²) in [6.07, 6.45) is 0. The fourth-order valence-corrected chi connectivity index (χ4v) is 2.29. The lowest BCUT2D eigenvalue weighted by Gasteiger charge is -2.01. The maximum atomic E-state index is 11.6. The number of aliphatic imine (C=N–C) groups is 1. The summed E-state index contributed by atoms with van der Waals surface area (Å²) in [5, 5.41) is 12.3. The number of rotatable bonds is 2. The van der Waals surface area contributed by atoms with Crippen LogP contribution < -0.4 is 5.32 Å². The van der Waals surface area contributed by atoms with E-state index in [0.29, 0.717) is 16.0 Å². The largest absolute Gasteiger partial charge is 0.493 e. The molecule has 1 aromatic carbocycles. The Morgan fingerprint density at radius 2 is 1.70 bits per heavy atom. The monoisotopic (exact) mass is 304 g/mol. The standard InChI is InChI=1S/C12H8N4O2S2/c17-9-7(13-11(19)15-9)5-1-2-6(4-3-5)8-10(18)16-12(20)14-8/h1-4,17H,(H2,13,15,19)(H,16,18,20). The molecule has 2 aromatic rings. The number of carbonyl (C=O) groups excluding carboxylic acids is 1. The fraction of sp³-hybridized carbons (Fsp3) is 0. The molecule has 0 fully saturated rings. The third kappa shape index (κ3) is 2.15. The first-order valence-electron chi connectivity index (χ1n) is 5.60. The van der Waals surface area contributed by atoms with E-state index >= 15 is 0 Å². The Morgan fingerprint density at radius 1 is 1.05 bits per heavy atom. The zero-order valence-corrected chi connectivity index (χ0v) is 11.6.